The van der Waals surface area contributed by atoms with Crippen LogP contribution in [0.25, 0.3) is 11.4 Å². The molecule has 1 aromatic carbocycles. The van der Waals surface area contributed by atoms with Crippen molar-refractivity contribution < 1.29 is 0 Å². The Kier molecular flexibility index (Phi) is 5.58. The number of nitrogens with zero attached hydrogens (tertiary/aromatic N) is 5. The van der Waals surface area contributed by atoms with Crippen LogP contribution in [0.15, 0.2) is 55.1 Å². The molecule has 0 radical (unpaired) electrons. The van der Waals surface area contributed by atoms with Crippen molar-refractivity contribution in [3.63, 3.8) is 0 Å². The molecule has 0 spiro atoms. The van der Waals surface area contributed by atoms with Crippen LogP contribution in [0.3, 0.4) is 0 Å². The molecular formula is C22H27N5. The van der Waals surface area contributed by atoms with Crippen molar-refractivity contribution in [3.05, 3.63) is 66.5 Å². The van der Waals surface area contributed by atoms with E-state index < -0.39 is 0 Å². The average molecular weight is 361 g/mol. The quantitative estimate of drug-likeness (QED) is 0.663. The fourth-order valence-electron chi connectivity index (χ4n) is 3.93. The molecule has 5 heteroatoms. The average Bonchev–Trinajstić information content (AvgIpc) is 3.13. The first-order valence-corrected chi connectivity index (χ1v) is 9.88. The minimum absolute atomic E-state index is 0.620. The summed E-state index contributed by atoms with van der Waals surface area (Å²) in [5.74, 6) is 1.90. The Bertz CT molecular complexity index is 841. The smallest absolute Gasteiger partial charge is 0.159 e. The van der Waals surface area contributed by atoms with Crippen molar-refractivity contribution in [2.45, 2.75) is 51.7 Å². The maximum Gasteiger partial charge on any atom is 0.159 e. The van der Waals surface area contributed by atoms with Gasteiger partial charge in [-0.1, -0.05) is 36.8 Å². The molecule has 27 heavy (non-hydrogen) atoms. The molecule has 5 nitrogen and oxygen atoms in total. The summed E-state index contributed by atoms with van der Waals surface area (Å²) in [4.78, 5) is 16.1. The van der Waals surface area contributed by atoms with Gasteiger partial charge in [0.25, 0.3) is 0 Å². The number of aromatic nitrogens is 4. The molecule has 4 rings (SSSR count). The molecule has 1 saturated heterocycles. The Morgan fingerprint density at radius 1 is 1.04 bits per heavy atom. The molecule has 1 aliphatic heterocycles. The van der Waals surface area contributed by atoms with E-state index in [1.807, 2.05) is 48.9 Å². The number of benzene rings is 1. The molecule has 2 aromatic heterocycles. The summed E-state index contributed by atoms with van der Waals surface area (Å²) in [5, 5.41) is 0. The van der Waals surface area contributed by atoms with E-state index in [0.29, 0.717) is 6.04 Å². The van der Waals surface area contributed by atoms with E-state index >= 15 is 0 Å². The van der Waals surface area contributed by atoms with E-state index in [1.54, 1.807) is 0 Å². The van der Waals surface area contributed by atoms with Gasteiger partial charge in [-0.25, -0.2) is 15.0 Å². The summed E-state index contributed by atoms with van der Waals surface area (Å²) in [5.41, 5.74) is 2.26. The highest BCUT2D eigenvalue weighted by atomic mass is 15.2. The highest BCUT2D eigenvalue weighted by molar-refractivity contribution is 5.53. The molecule has 1 aliphatic rings. The fraction of sp³-hybridized carbons (Fsp3) is 0.409. The van der Waals surface area contributed by atoms with Gasteiger partial charge in [-0.05, 0) is 32.7 Å². The van der Waals surface area contributed by atoms with Gasteiger partial charge in [0.2, 0.25) is 0 Å². The summed E-state index contributed by atoms with van der Waals surface area (Å²) in [6, 6.07) is 10.8. The van der Waals surface area contributed by atoms with Crippen LogP contribution in [0.1, 0.15) is 37.1 Å². The van der Waals surface area contributed by atoms with Gasteiger partial charge >= 0.3 is 0 Å². The standard InChI is InChI=1S/C22H27N5/c1-18-23-11-14-26(18)13-10-21-9-5-6-12-27(21)17-19-15-24-22(25-16-19)20-7-3-2-4-8-20/h2-4,7-8,11,14-16,21H,5-6,9-10,12-13,17H2,1H3/t21-/m1/s1. The second-order valence-electron chi connectivity index (χ2n) is 7.36. The van der Waals surface area contributed by atoms with E-state index in [9.17, 15) is 0 Å². The van der Waals surface area contributed by atoms with Crippen LogP contribution < -0.4 is 0 Å². The number of hydrogen-bond acceptors (Lipinski definition) is 4. The van der Waals surface area contributed by atoms with Gasteiger partial charge in [-0.2, -0.15) is 0 Å². The molecule has 0 amide bonds. The molecule has 0 saturated carbocycles. The Morgan fingerprint density at radius 3 is 2.59 bits per heavy atom. The van der Waals surface area contributed by atoms with Crippen molar-refractivity contribution in [2.24, 2.45) is 0 Å². The lowest BCUT2D eigenvalue weighted by molar-refractivity contribution is 0.128. The normalized spacial score (nSPS) is 17.9. The summed E-state index contributed by atoms with van der Waals surface area (Å²) < 4.78 is 2.25. The van der Waals surface area contributed by atoms with Crippen LogP contribution in [-0.2, 0) is 13.1 Å². The monoisotopic (exact) mass is 361 g/mol. The predicted octanol–water partition coefficient (Wildman–Crippen LogP) is 4.09. The molecule has 3 aromatic rings. The van der Waals surface area contributed by atoms with Crippen LogP contribution in [-0.4, -0.2) is 37.0 Å². The Hall–Kier alpha value is -2.53. The molecule has 140 valence electrons. The lowest BCUT2D eigenvalue weighted by Crippen LogP contribution is -2.39. The van der Waals surface area contributed by atoms with E-state index in [1.165, 1.54) is 31.2 Å². The zero-order chi connectivity index (χ0) is 18.5. The topological polar surface area (TPSA) is 46.8 Å². The highest BCUT2D eigenvalue weighted by Gasteiger charge is 2.22. The fourth-order valence-corrected chi connectivity index (χ4v) is 3.93. The van der Waals surface area contributed by atoms with Crippen LogP contribution in [0.2, 0.25) is 0 Å². The lowest BCUT2D eigenvalue weighted by Gasteiger charge is -2.36. The van der Waals surface area contributed by atoms with E-state index in [4.69, 9.17) is 0 Å². The zero-order valence-corrected chi connectivity index (χ0v) is 16.0. The van der Waals surface area contributed by atoms with Gasteiger partial charge in [0, 0.05) is 55.0 Å². The van der Waals surface area contributed by atoms with Gasteiger partial charge < -0.3 is 4.57 Å². The van der Waals surface area contributed by atoms with Crippen LogP contribution in [0, 0.1) is 6.92 Å². The van der Waals surface area contributed by atoms with Crippen molar-refractivity contribution in [1.29, 1.82) is 0 Å². The molecule has 0 aliphatic carbocycles. The van der Waals surface area contributed by atoms with Crippen LogP contribution >= 0.6 is 0 Å². The lowest BCUT2D eigenvalue weighted by atomic mass is 9.98. The second-order valence-corrected chi connectivity index (χ2v) is 7.36. The summed E-state index contributed by atoms with van der Waals surface area (Å²) in [6.45, 7) is 5.21. The van der Waals surface area contributed by atoms with Gasteiger partial charge in [0.1, 0.15) is 5.82 Å². The van der Waals surface area contributed by atoms with Crippen molar-refractivity contribution in [3.8, 4) is 11.4 Å². The van der Waals surface area contributed by atoms with Crippen molar-refractivity contribution in [2.75, 3.05) is 6.54 Å². The number of likely N-dealkylation sites (tertiary alicyclic amines) is 1. The molecule has 0 unspecified atom stereocenters. The number of imidazole rings is 1. The first-order chi connectivity index (χ1) is 13.3. The van der Waals surface area contributed by atoms with Gasteiger partial charge in [0.05, 0.1) is 0 Å². The number of piperidine rings is 1. The SMILES string of the molecule is Cc1nccn1CC[C@H]1CCCCN1Cc1cnc(-c2ccccc2)nc1. The Morgan fingerprint density at radius 2 is 1.85 bits per heavy atom. The second kappa shape index (κ2) is 8.44. The molecule has 0 N–H and O–H groups in total. The van der Waals surface area contributed by atoms with Gasteiger partial charge in [-0.3, -0.25) is 4.90 Å². The molecular weight excluding hydrogens is 334 g/mol. The Labute approximate surface area is 161 Å². The maximum absolute atomic E-state index is 4.59. The van der Waals surface area contributed by atoms with Gasteiger partial charge in [-0.15, -0.1) is 0 Å². The minimum atomic E-state index is 0.620. The van der Waals surface area contributed by atoms with E-state index in [2.05, 4.69) is 37.5 Å². The molecule has 1 atom stereocenters. The largest absolute Gasteiger partial charge is 0.335 e. The zero-order valence-electron chi connectivity index (χ0n) is 16.0. The van der Waals surface area contributed by atoms with Crippen molar-refractivity contribution >= 4 is 0 Å². The van der Waals surface area contributed by atoms with Crippen LogP contribution in [0.5, 0.6) is 0 Å². The van der Waals surface area contributed by atoms with Crippen molar-refractivity contribution in [1.82, 2.24) is 24.4 Å². The first kappa shape index (κ1) is 17.9. The summed E-state index contributed by atoms with van der Waals surface area (Å²) >= 11 is 0. The maximum atomic E-state index is 4.59. The number of aryl methyl sites for hydroxylation is 2. The number of rotatable bonds is 6. The Balaban J connectivity index is 1.39. The molecule has 0 bridgehead atoms. The highest BCUT2D eigenvalue weighted by Crippen LogP contribution is 2.23. The molecule has 3 heterocycles. The van der Waals surface area contributed by atoms with Gasteiger partial charge in [0.15, 0.2) is 5.82 Å². The molecule has 1 fully saturated rings. The van der Waals surface area contributed by atoms with Crippen LogP contribution in [0.4, 0.5) is 0 Å². The third-order valence-corrected chi connectivity index (χ3v) is 5.50. The van der Waals surface area contributed by atoms with E-state index in [-0.39, 0.29) is 0 Å². The number of hydrogen-bond donors (Lipinski definition) is 0. The minimum Gasteiger partial charge on any atom is -0.335 e. The summed E-state index contributed by atoms with van der Waals surface area (Å²) in [6.07, 6.45) is 13.0. The predicted molar refractivity (Wildman–Crippen MR) is 107 cm³/mol. The third kappa shape index (κ3) is 4.42. The summed E-state index contributed by atoms with van der Waals surface area (Å²) in [7, 11) is 0. The van der Waals surface area contributed by atoms with E-state index in [0.717, 1.165) is 36.8 Å². The first-order valence-electron chi connectivity index (χ1n) is 9.88. The third-order valence-electron chi connectivity index (χ3n) is 5.50.